The number of fused-ring (bicyclic) bond motifs is 3. The molecule has 1 heterocycles. The molecule has 24 heavy (non-hydrogen) atoms. The molecule has 1 aliphatic rings. The van der Waals surface area contributed by atoms with Gasteiger partial charge >= 0.3 is 0 Å². The standard InChI is InChI=1S/C21H21NO.ClH/c23-21(15-22-12-4-1-5-13-22)18-11-10-17-9-8-16-6-2-3-7-19(16)20(17)14-18;/h2-3,6-11,14H,1,4-5,12-13,15H2;1H. The number of carbonyl (C=O) groups is 1. The maximum absolute atomic E-state index is 12.7. The van der Waals surface area contributed by atoms with Crippen molar-refractivity contribution in [2.45, 2.75) is 19.3 Å². The van der Waals surface area contributed by atoms with Crippen molar-refractivity contribution in [3.63, 3.8) is 0 Å². The Hall–Kier alpha value is -1.90. The second-order valence-electron chi connectivity index (χ2n) is 6.48. The van der Waals surface area contributed by atoms with Gasteiger partial charge in [-0.3, -0.25) is 9.69 Å². The van der Waals surface area contributed by atoms with E-state index >= 15 is 0 Å². The van der Waals surface area contributed by atoms with Gasteiger partial charge in [0.2, 0.25) is 0 Å². The van der Waals surface area contributed by atoms with E-state index in [1.54, 1.807) is 0 Å². The third-order valence-corrected chi connectivity index (χ3v) is 4.88. The van der Waals surface area contributed by atoms with Gasteiger partial charge < -0.3 is 0 Å². The molecular weight excluding hydrogens is 318 g/mol. The number of hydrogen-bond acceptors (Lipinski definition) is 2. The van der Waals surface area contributed by atoms with Crippen molar-refractivity contribution in [3.8, 4) is 0 Å². The summed E-state index contributed by atoms with van der Waals surface area (Å²) >= 11 is 0. The lowest BCUT2D eigenvalue weighted by Crippen LogP contribution is -2.34. The monoisotopic (exact) mass is 339 g/mol. The zero-order valence-electron chi connectivity index (χ0n) is 13.7. The van der Waals surface area contributed by atoms with Crippen molar-refractivity contribution in [3.05, 3.63) is 60.2 Å². The van der Waals surface area contributed by atoms with E-state index in [0.717, 1.165) is 18.7 Å². The van der Waals surface area contributed by atoms with E-state index in [2.05, 4.69) is 53.4 Å². The summed E-state index contributed by atoms with van der Waals surface area (Å²) in [6.45, 7) is 2.67. The Morgan fingerprint density at radius 3 is 2.29 bits per heavy atom. The molecule has 0 radical (unpaired) electrons. The molecule has 3 aromatic rings. The Morgan fingerprint density at radius 2 is 1.50 bits per heavy atom. The minimum absolute atomic E-state index is 0. The highest BCUT2D eigenvalue weighted by molar-refractivity contribution is 6.10. The van der Waals surface area contributed by atoms with E-state index in [0.29, 0.717) is 6.54 Å². The van der Waals surface area contributed by atoms with Crippen LogP contribution in [0.1, 0.15) is 29.6 Å². The van der Waals surface area contributed by atoms with Crippen molar-refractivity contribution in [1.29, 1.82) is 0 Å². The fourth-order valence-corrected chi connectivity index (χ4v) is 3.59. The summed E-state index contributed by atoms with van der Waals surface area (Å²) in [7, 11) is 0. The SMILES string of the molecule is Cl.O=C(CN1CCCCC1)c1ccc2ccc3ccccc3c2c1. The molecule has 124 valence electrons. The molecule has 0 saturated carbocycles. The average Bonchev–Trinajstić information content (AvgIpc) is 2.62. The summed E-state index contributed by atoms with van der Waals surface area (Å²) in [5.74, 6) is 0.238. The molecule has 0 N–H and O–H groups in total. The van der Waals surface area contributed by atoms with Crippen LogP contribution in [-0.4, -0.2) is 30.3 Å². The number of likely N-dealkylation sites (tertiary alicyclic amines) is 1. The third-order valence-electron chi connectivity index (χ3n) is 4.88. The number of nitrogens with zero attached hydrogens (tertiary/aromatic N) is 1. The van der Waals surface area contributed by atoms with Gasteiger partial charge in [0.05, 0.1) is 6.54 Å². The Kier molecular flexibility index (Phi) is 5.17. The number of benzene rings is 3. The maximum atomic E-state index is 12.7. The maximum Gasteiger partial charge on any atom is 0.176 e. The number of carbonyl (C=O) groups excluding carboxylic acids is 1. The van der Waals surface area contributed by atoms with Gasteiger partial charge in [-0.05, 0) is 53.5 Å². The average molecular weight is 340 g/mol. The lowest BCUT2D eigenvalue weighted by atomic mass is 9.98. The highest BCUT2D eigenvalue weighted by Gasteiger charge is 2.15. The second-order valence-corrected chi connectivity index (χ2v) is 6.48. The first-order valence-electron chi connectivity index (χ1n) is 8.48. The summed E-state index contributed by atoms with van der Waals surface area (Å²) in [6, 6.07) is 18.8. The van der Waals surface area contributed by atoms with Crippen molar-refractivity contribution in [2.75, 3.05) is 19.6 Å². The van der Waals surface area contributed by atoms with Crippen LogP contribution < -0.4 is 0 Å². The van der Waals surface area contributed by atoms with Crippen LogP contribution >= 0.6 is 12.4 Å². The molecule has 3 heteroatoms. The van der Waals surface area contributed by atoms with E-state index < -0.39 is 0 Å². The molecule has 1 fully saturated rings. The lowest BCUT2D eigenvalue weighted by molar-refractivity contribution is 0.0916. The van der Waals surface area contributed by atoms with Gasteiger partial charge in [0.25, 0.3) is 0 Å². The third kappa shape index (κ3) is 3.31. The number of Topliss-reactive ketones (excluding diaryl/α,β-unsaturated/α-hetero) is 1. The normalized spacial score (nSPS) is 15.3. The number of rotatable bonds is 3. The Bertz CT molecular complexity index is 868. The molecule has 0 atom stereocenters. The zero-order chi connectivity index (χ0) is 15.6. The molecular formula is C21H22ClNO. The second kappa shape index (κ2) is 7.33. The van der Waals surface area contributed by atoms with Gasteiger partial charge in [0.15, 0.2) is 5.78 Å². The number of halogens is 1. The summed E-state index contributed by atoms with van der Waals surface area (Å²) in [5.41, 5.74) is 0.833. The Balaban J connectivity index is 0.00000169. The van der Waals surface area contributed by atoms with Crippen LogP contribution in [0, 0.1) is 0 Å². The first-order chi connectivity index (χ1) is 11.3. The van der Waals surface area contributed by atoms with E-state index in [1.807, 2.05) is 6.07 Å². The van der Waals surface area contributed by atoms with Gasteiger partial charge in [-0.2, -0.15) is 0 Å². The summed E-state index contributed by atoms with van der Waals surface area (Å²) in [6.07, 6.45) is 3.73. The quantitative estimate of drug-likeness (QED) is 0.489. The molecule has 0 amide bonds. The molecule has 1 saturated heterocycles. The predicted octanol–water partition coefficient (Wildman–Crippen LogP) is 5.08. The minimum atomic E-state index is 0. The lowest BCUT2D eigenvalue weighted by Gasteiger charge is -2.25. The van der Waals surface area contributed by atoms with Gasteiger partial charge in [0, 0.05) is 5.56 Å². The van der Waals surface area contributed by atoms with Crippen LogP contribution in [0.3, 0.4) is 0 Å². The van der Waals surface area contributed by atoms with Gasteiger partial charge in [-0.1, -0.05) is 55.0 Å². The summed E-state index contributed by atoms with van der Waals surface area (Å²) in [4.78, 5) is 14.9. The predicted molar refractivity (Wildman–Crippen MR) is 103 cm³/mol. The van der Waals surface area contributed by atoms with E-state index in [1.165, 1.54) is 40.8 Å². The molecule has 4 rings (SSSR count). The Morgan fingerprint density at radius 1 is 0.833 bits per heavy atom. The van der Waals surface area contributed by atoms with Crippen molar-refractivity contribution >= 4 is 39.7 Å². The van der Waals surface area contributed by atoms with Gasteiger partial charge in [-0.15, -0.1) is 12.4 Å². The topological polar surface area (TPSA) is 20.3 Å². The number of piperidine rings is 1. The first kappa shape index (κ1) is 16.9. The summed E-state index contributed by atoms with van der Waals surface area (Å²) in [5, 5.41) is 4.81. The zero-order valence-corrected chi connectivity index (χ0v) is 14.5. The van der Waals surface area contributed by atoms with Crippen LogP contribution in [0.4, 0.5) is 0 Å². The van der Waals surface area contributed by atoms with Crippen LogP contribution in [0.2, 0.25) is 0 Å². The van der Waals surface area contributed by atoms with Crippen LogP contribution in [0.15, 0.2) is 54.6 Å². The van der Waals surface area contributed by atoms with Crippen LogP contribution in [0.25, 0.3) is 21.5 Å². The molecule has 3 aromatic carbocycles. The van der Waals surface area contributed by atoms with E-state index in [9.17, 15) is 4.79 Å². The molecule has 1 aliphatic heterocycles. The minimum Gasteiger partial charge on any atom is -0.296 e. The summed E-state index contributed by atoms with van der Waals surface area (Å²) < 4.78 is 0. The van der Waals surface area contributed by atoms with Crippen molar-refractivity contribution in [2.24, 2.45) is 0 Å². The van der Waals surface area contributed by atoms with Crippen LogP contribution in [0.5, 0.6) is 0 Å². The van der Waals surface area contributed by atoms with Gasteiger partial charge in [-0.25, -0.2) is 0 Å². The largest absolute Gasteiger partial charge is 0.296 e. The fraction of sp³-hybridized carbons (Fsp3) is 0.286. The molecule has 0 unspecified atom stereocenters. The molecule has 0 aliphatic carbocycles. The number of hydrogen-bond donors (Lipinski definition) is 0. The first-order valence-corrected chi connectivity index (χ1v) is 8.48. The molecule has 2 nitrogen and oxygen atoms in total. The molecule has 0 aromatic heterocycles. The highest BCUT2D eigenvalue weighted by atomic mass is 35.5. The fourth-order valence-electron chi connectivity index (χ4n) is 3.59. The Labute approximate surface area is 148 Å². The van der Waals surface area contributed by atoms with E-state index in [4.69, 9.17) is 0 Å². The van der Waals surface area contributed by atoms with E-state index in [-0.39, 0.29) is 18.2 Å². The van der Waals surface area contributed by atoms with Gasteiger partial charge in [0.1, 0.15) is 0 Å². The molecule has 0 bridgehead atoms. The van der Waals surface area contributed by atoms with Crippen molar-refractivity contribution < 1.29 is 4.79 Å². The molecule has 0 spiro atoms. The van der Waals surface area contributed by atoms with Crippen LogP contribution in [-0.2, 0) is 0 Å². The number of ketones is 1. The highest BCUT2D eigenvalue weighted by Crippen LogP contribution is 2.26. The smallest absolute Gasteiger partial charge is 0.176 e. The van der Waals surface area contributed by atoms with Crippen molar-refractivity contribution in [1.82, 2.24) is 4.90 Å².